The Hall–Kier alpha value is -1.75. The van der Waals surface area contributed by atoms with Gasteiger partial charge in [0.25, 0.3) is 0 Å². The molecule has 2 rings (SSSR count). The molecule has 134 valence electrons. The first-order valence-electron chi connectivity index (χ1n) is 9.04. The van der Waals surface area contributed by atoms with Crippen molar-refractivity contribution in [2.45, 2.75) is 44.6 Å². The summed E-state index contributed by atoms with van der Waals surface area (Å²) < 4.78 is 11.2. The standard InChI is InChI=1S/C19H31N3O2/c1-3-4-6-13-22(2)19(20-12-11-17-10-8-15-23-17)21-16-18-9-5-7-14-24-18/h3,8,10,15,18H,1,4-7,9,11-14,16H2,2H3,(H,20,21). The summed E-state index contributed by atoms with van der Waals surface area (Å²) in [5.41, 5.74) is 0. The first-order valence-corrected chi connectivity index (χ1v) is 9.04. The SMILES string of the molecule is C=CCCCN(C)C(=NCC1CCCCO1)NCCc1ccco1. The molecule has 1 aromatic heterocycles. The maximum absolute atomic E-state index is 5.79. The van der Waals surface area contributed by atoms with Crippen LogP contribution >= 0.6 is 0 Å². The third-order valence-electron chi connectivity index (χ3n) is 4.22. The van der Waals surface area contributed by atoms with Crippen LogP contribution in [0.15, 0.2) is 40.5 Å². The van der Waals surface area contributed by atoms with Crippen molar-refractivity contribution in [1.82, 2.24) is 10.2 Å². The van der Waals surface area contributed by atoms with Crippen LogP contribution < -0.4 is 5.32 Å². The number of hydrogen-bond acceptors (Lipinski definition) is 3. The predicted octanol–water partition coefficient (Wildman–Crippen LogP) is 3.23. The average molecular weight is 333 g/mol. The Morgan fingerprint density at radius 2 is 2.42 bits per heavy atom. The van der Waals surface area contributed by atoms with E-state index in [4.69, 9.17) is 14.1 Å². The van der Waals surface area contributed by atoms with Crippen molar-refractivity contribution < 1.29 is 9.15 Å². The van der Waals surface area contributed by atoms with Gasteiger partial charge in [-0.1, -0.05) is 6.08 Å². The Morgan fingerprint density at radius 3 is 3.12 bits per heavy atom. The number of unbranched alkanes of at least 4 members (excludes halogenated alkanes) is 1. The first kappa shape index (κ1) is 18.6. The molecule has 5 heteroatoms. The Labute approximate surface area is 145 Å². The lowest BCUT2D eigenvalue weighted by Gasteiger charge is -2.25. The molecular formula is C19H31N3O2. The van der Waals surface area contributed by atoms with Gasteiger partial charge < -0.3 is 19.4 Å². The monoisotopic (exact) mass is 333 g/mol. The summed E-state index contributed by atoms with van der Waals surface area (Å²) in [6.45, 7) is 7.16. The lowest BCUT2D eigenvalue weighted by molar-refractivity contribution is 0.0223. The summed E-state index contributed by atoms with van der Waals surface area (Å²) in [5, 5.41) is 3.46. The Morgan fingerprint density at radius 1 is 1.50 bits per heavy atom. The van der Waals surface area contributed by atoms with Gasteiger partial charge >= 0.3 is 0 Å². The number of rotatable bonds is 9. The summed E-state index contributed by atoms with van der Waals surface area (Å²) in [7, 11) is 2.09. The normalized spacial score (nSPS) is 18.4. The molecule has 0 saturated carbocycles. The van der Waals surface area contributed by atoms with Crippen molar-refractivity contribution in [1.29, 1.82) is 0 Å². The molecule has 5 nitrogen and oxygen atoms in total. The number of guanidine groups is 1. The maximum atomic E-state index is 5.79. The van der Waals surface area contributed by atoms with Gasteiger partial charge in [0, 0.05) is 33.2 Å². The highest BCUT2D eigenvalue weighted by molar-refractivity contribution is 5.79. The number of allylic oxidation sites excluding steroid dienone is 1. The van der Waals surface area contributed by atoms with Gasteiger partial charge in [0.2, 0.25) is 0 Å². The Bertz CT molecular complexity index is 479. The van der Waals surface area contributed by atoms with Crippen LogP contribution in [0, 0.1) is 0 Å². The molecule has 0 radical (unpaired) electrons. The molecule has 2 heterocycles. The second kappa shape index (κ2) is 10.9. The van der Waals surface area contributed by atoms with Crippen LogP contribution in [-0.4, -0.2) is 50.3 Å². The molecule has 1 aliphatic heterocycles. The van der Waals surface area contributed by atoms with Gasteiger partial charge in [0.05, 0.1) is 18.9 Å². The topological polar surface area (TPSA) is 50.0 Å². The lowest BCUT2D eigenvalue weighted by atomic mass is 10.1. The highest BCUT2D eigenvalue weighted by Crippen LogP contribution is 2.12. The van der Waals surface area contributed by atoms with Gasteiger partial charge in [-0.15, -0.1) is 6.58 Å². The molecule has 1 aromatic rings. The van der Waals surface area contributed by atoms with Crippen molar-refractivity contribution in [2.75, 3.05) is 33.3 Å². The second-order valence-corrected chi connectivity index (χ2v) is 6.26. The Balaban J connectivity index is 1.84. The van der Waals surface area contributed by atoms with Crippen molar-refractivity contribution in [2.24, 2.45) is 4.99 Å². The molecule has 0 aliphatic carbocycles. The lowest BCUT2D eigenvalue weighted by Crippen LogP contribution is -2.41. The number of furan rings is 1. The van der Waals surface area contributed by atoms with Gasteiger partial charge in [0.1, 0.15) is 5.76 Å². The fraction of sp³-hybridized carbons (Fsp3) is 0.632. The molecule has 1 aliphatic rings. The fourth-order valence-electron chi connectivity index (χ4n) is 2.78. The molecule has 0 bridgehead atoms. The summed E-state index contributed by atoms with van der Waals surface area (Å²) in [6.07, 6.45) is 10.4. The van der Waals surface area contributed by atoms with Crippen LogP contribution in [0.25, 0.3) is 0 Å². The number of nitrogens with one attached hydrogen (secondary N) is 1. The molecule has 0 aromatic carbocycles. The summed E-state index contributed by atoms with van der Waals surface area (Å²) >= 11 is 0. The van der Waals surface area contributed by atoms with Crippen LogP contribution in [-0.2, 0) is 11.2 Å². The molecule has 0 spiro atoms. The summed E-state index contributed by atoms with van der Waals surface area (Å²) in [5.74, 6) is 1.94. The zero-order chi connectivity index (χ0) is 17.0. The van der Waals surface area contributed by atoms with Crippen molar-refractivity contribution >= 4 is 5.96 Å². The highest BCUT2D eigenvalue weighted by atomic mass is 16.5. The van der Waals surface area contributed by atoms with Crippen molar-refractivity contribution in [3.05, 3.63) is 36.8 Å². The van der Waals surface area contributed by atoms with E-state index < -0.39 is 0 Å². The smallest absolute Gasteiger partial charge is 0.193 e. The van der Waals surface area contributed by atoms with E-state index >= 15 is 0 Å². The van der Waals surface area contributed by atoms with Gasteiger partial charge in [-0.2, -0.15) is 0 Å². The third kappa shape index (κ3) is 6.79. The third-order valence-corrected chi connectivity index (χ3v) is 4.22. The molecule has 1 fully saturated rings. The molecule has 1 atom stereocenters. The van der Waals surface area contributed by atoms with E-state index in [-0.39, 0.29) is 6.10 Å². The average Bonchev–Trinajstić information content (AvgIpc) is 3.12. The van der Waals surface area contributed by atoms with Gasteiger partial charge in [-0.25, -0.2) is 0 Å². The minimum Gasteiger partial charge on any atom is -0.469 e. The Kier molecular flexibility index (Phi) is 8.46. The van der Waals surface area contributed by atoms with Crippen molar-refractivity contribution in [3.8, 4) is 0 Å². The molecule has 1 saturated heterocycles. The maximum Gasteiger partial charge on any atom is 0.193 e. The van der Waals surface area contributed by atoms with E-state index in [1.54, 1.807) is 6.26 Å². The summed E-state index contributed by atoms with van der Waals surface area (Å²) in [4.78, 5) is 6.98. The number of nitrogens with zero attached hydrogens (tertiary/aromatic N) is 2. The summed E-state index contributed by atoms with van der Waals surface area (Å²) in [6, 6.07) is 3.92. The largest absolute Gasteiger partial charge is 0.469 e. The van der Waals surface area contributed by atoms with Crippen LogP contribution in [0.5, 0.6) is 0 Å². The van der Waals surface area contributed by atoms with Crippen molar-refractivity contribution in [3.63, 3.8) is 0 Å². The minimum absolute atomic E-state index is 0.266. The van der Waals surface area contributed by atoms with E-state index in [9.17, 15) is 0 Å². The molecular weight excluding hydrogens is 302 g/mol. The number of hydrogen-bond donors (Lipinski definition) is 1. The van der Waals surface area contributed by atoms with Crippen LogP contribution in [0.3, 0.4) is 0 Å². The zero-order valence-electron chi connectivity index (χ0n) is 14.9. The predicted molar refractivity (Wildman–Crippen MR) is 98.4 cm³/mol. The van der Waals surface area contributed by atoms with E-state index in [1.807, 2.05) is 18.2 Å². The van der Waals surface area contributed by atoms with E-state index in [2.05, 4.69) is 23.8 Å². The fourth-order valence-corrected chi connectivity index (χ4v) is 2.78. The quantitative estimate of drug-likeness (QED) is 0.326. The van der Waals surface area contributed by atoms with Crippen LogP contribution in [0.4, 0.5) is 0 Å². The molecule has 1 N–H and O–H groups in total. The van der Waals surface area contributed by atoms with E-state index in [0.717, 1.165) is 63.6 Å². The van der Waals surface area contributed by atoms with E-state index in [0.29, 0.717) is 0 Å². The van der Waals surface area contributed by atoms with E-state index in [1.165, 1.54) is 12.8 Å². The number of aliphatic imine (C=N–C) groups is 1. The van der Waals surface area contributed by atoms with Gasteiger partial charge in [0.15, 0.2) is 5.96 Å². The second-order valence-electron chi connectivity index (χ2n) is 6.26. The van der Waals surface area contributed by atoms with Gasteiger partial charge in [-0.05, 0) is 44.2 Å². The minimum atomic E-state index is 0.266. The number of ether oxygens (including phenoxy) is 1. The molecule has 0 amide bonds. The molecule has 24 heavy (non-hydrogen) atoms. The van der Waals surface area contributed by atoms with Gasteiger partial charge in [-0.3, -0.25) is 4.99 Å². The van der Waals surface area contributed by atoms with Crippen LogP contribution in [0.1, 0.15) is 37.9 Å². The molecule has 1 unspecified atom stereocenters. The first-order chi connectivity index (χ1) is 11.8. The zero-order valence-corrected chi connectivity index (χ0v) is 14.9. The van der Waals surface area contributed by atoms with Crippen LogP contribution in [0.2, 0.25) is 0 Å². The highest BCUT2D eigenvalue weighted by Gasteiger charge is 2.14.